The zero-order valence-electron chi connectivity index (χ0n) is 45.4. The van der Waals surface area contributed by atoms with Gasteiger partial charge in [0, 0.05) is 85.6 Å². The maximum atomic E-state index is 15.1. The summed E-state index contributed by atoms with van der Waals surface area (Å²) >= 11 is 0. The number of hydrogen-bond acceptors (Lipinski definition) is 13. The quantitative estimate of drug-likeness (QED) is 0.0449. The molecule has 3 saturated heterocycles. The highest BCUT2D eigenvalue weighted by molar-refractivity contribution is 5.87. The Kier molecular flexibility index (Phi) is 20.9. The number of rotatable bonds is 18. The second kappa shape index (κ2) is 26.8. The monoisotopic (exact) mass is 1170 g/mol. The number of halogens is 10. The number of aromatic nitrogens is 3. The molecule has 2 bridgehead atoms. The fraction of sp³-hybridized carbons (Fsp3) is 0.519. The van der Waals surface area contributed by atoms with Gasteiger partial charge < -0.3 is 51.2 Å². The van der Waals surface area contributed by atoms with Crippen LogP contribution < -0.4 is 31.9 Å². The van der Waals surface area contributed by atoms with Crippen molar-refractivity contribution in [3.63, 3.8) is 0 Å². The van der Waals surface area contributed by atoms with Crippen LogP contribution in [-0.4, -0.2) is 151 Å². The number of nitrogens with two attached hydrogens (primary N) is 1. The summed E-state index contributed by atoms with van der Waals surface area (Å²) in [4.78, 5) is 57.2. The van der Waals surface area contributed by atoms with Crippen LogP contribution >= 0.6 is 0 Å². The maximum Gasteiger partial charge on any atom is 0.407 e. The van der Waals surface area contributed by atoms with Crippen LogP contribution in [0.3, 0.4) is 0 Å². The van der Waals surface area contributed by atoms with Gasteiger partial charge >= 0.3 is 31.1 Å². The highest BCUT2D eigenvalue weighted by Gasteiger charge is 2.57. The van der Waals surface area contributed by atoms with Crippen molar-refractivity contribution >= 4 is 29.8 Å². The van der Waals surface area contributed by atoms with Crippen molar-refractivity contribution in [1.29, 1.82) is 0 Å². The number of aliphatic hydroxyl groups is 1. The van der Waals surface area contributed by atoms with Crippen LogP contribution in [0.2, 0.25) is 0 Å². The molecule has 448 valence electrons. The molecule has 7 N–H and O–H groups in total. The predicted molar refractivity (Wildman–Crippen MR) is 276 cm³/mol. The summed E-state index contributed by atoms with van der Waals surface area (Å²) in [5.74, 6) is 2.44. The number of pyridine rings is 1. The predicted octanol–water partition coefficient (Wildman–Crippen LogP) is 6.74. The van der Waals surface area contributed by atoms with Crippen LogP contribution in [0.15, 0.2) is 67.0 Å². The van der Waals surface area contributed by atoms with E-state index in [1.54, 1.807) is 35.8 Å². The molecule has 0 spiro atoms. The van der Waals surface area contributed by atoms with Gasteiger partial charge in [-0.05, 0) is 101 Å². The van der Waals surface area contributed by atoms with Crippen LogP contribution in [0.4, 0.5) is 59.3 Å². The topological polar surface area (TPSA) is 228 Å². The lowest BCUT2D eigenvalue weighted by Gasteiger charge is -2.44. The molecule has 2 aromatic heterocycles. The minimum atomic E-state index is -4.98. The van der Waals surface area contributed by atoms with Gasteiger partial charge in [-0.1, -0.05) is 24.0 Å². The first-order valence-electron chi connectivity index (χ1n) is 25.7. The van der Waals surface area contributed by atoms with Gasteiger partial charge in [-0.3, -0.25) is 14.5 Å². The number of anilines is 1. The highest BCUT2D eigenvalue weighted by Crippen LogP contribution is 2.42. The van der Waals surface area contributed by atoms with E-state index in [0.29, 0.717) is 39.5 Å². The lowest BCUT2D eigenvalue weighted by molar-refractivity contribution is -0.220. The number of carbonyl (C=O) groups excluding carboxylic acids is 4. The van der Waals surface area contributed by atoms with Gasteiger partial charge in [0.25, 0.3) is 0 Å². The molecule has 0 radical (unpaired) electrons. The van der Waals surface area contributed by atoms with E-state index in [2.05, 4.69) is 46.8 Å². The number of methoxy groups -OCH3 is 2. The molecule has 0 aliphatic carbocycles. The van der Waals surface area contributed by atoms with E-state index in [0.717, 1.165) is 112 Å². The number of ether oxygens (including phenoxy) is 3. The summed E-state index contributed by atoms with van der Waals surface area (Å²) in [5, 5.41) is 23.9. The number of nitrogens with one attached hydrogen (secondary N) is 4. The molecule has 2 aromatic carbocycles. The van der Waals surface area contributed by atoms with Crippen LogP contribution in [0, 0.1) is 34.3 Å². The Morgan fingerprint density at radius 3 is 1.85 bits per heavy atom. The average molecular weight is 1170 g/mol. The zero-order valence-corrected chi connectivity index (χ0v) is 45.4. The third kappa shape index (κ3) is 15.7. The molecule has 0 saturated carbocycles. The number of amides is 4. The van der Waals surface area contributed by atoms with E-state index in [4.69, 9.17) is 15.5 Å². The third-order valence-corrected chi connectivity index (χ3v) is 14.7. The van der Waals surface area contributed by atoms with Crippen molar-refractivity contribution in [3.05, 3.63) is 101 Å². The number of primary amides is 1. The van der Waals surface area contributed by atoms with Crippen LogP contribution in [0.1, 0.15) is 75.8 Å². The fourth-order valence-corrected chi connectivity index (χ4v) is 9.66. The normalized spacial score (nSPS) is 19.0. The van der Waals surface area contributed by atoms with Crippen molar-refractivity contribution in [2.45, 2.75) is 121 Å². The Labute approximate surface area is 465 Å². The number of alkyl halides is 8. The van der Waals surface area contributed by atoms with Crippen molar-refractivity contribution in [2.75, 3.05) is 52.0 Å². The van der Waals surface area contributed by atoms with E-state index in [1.807, 2.05) is 17.4 Å². The lowest BCUT2D eigenvalue weighted by Crippen LogP contribution is -2.62. The summed E-state index contributed by atoms with van der Waals surface area (Å²) in [7, 11) is 1.89. The molecule has 18 nitrogen and oxygen atoms in total. The third-order valence-electron chi connectivity index (χ3n) is 14.7. The smallest absolute Gasteiger partial charge is 0.407 e. The van der Waals surface area contributed by atoms with Crippen LogP contribution in [0.25, 0.3) is 11.3 Å². The number of benzene rings is 2. The summed E-state index contributed by atoms with van der Waals surface area (Å²) in [5.41, 5.74) is 0.695. The van der Waals surface area contributed by atoms with E-state index >= 15 is 8.78 Å². The van der Waals surface area contributed by atoms with Gasteiger partial charge in [0.05, 0.1) is 49.5 Å². The van der Waals surface area contributed by atoms with Crippen molar-refractivity contribution in [1.82, 2.24) is 40.9 Å². The Balaban J connectivity index is 0.000000588. The number of fused-ring (bicyclic) bond motifs is 2. The summed E-state index contributed by atoms with van der Waals surface area (Å²) < 4.78 is 151. The zero-order chi connectivity index (χ0) is 60.5. The number of carbonyl (C=O) groups is 4. The number of nitrogens with zero attached hydrogens (tertiary/aromatic N) is 5. The molecule has 2 unspecified atom stereocenters. The molecule has 3 aliphatic heterocycles. The second-order valence-corrected chi connectivity index (χ2v) is 21.0. The first-order valence-corrected chi connectivity index (χ1v) is 25.7. The number of aliphatic hydroxyl groups excluding tert-OH is 1. The maximum absolute atomic E-state index is 15.1. The number of hydrogen-bond donors (Lipinski definition) is 6. The Morgan fingerprint density at radius 1 is 0.793 bits per heavy atom. The molecular formula is C54H64F10N10O8. The average Bonchev–Trinajstić information content (AvgIpc) is 4.37. The first-order chi connectivity index (χ1) is 38.4. The van der Waals surface area contributed by atoms with E-state index < -0.39 is 108 Å². The van der Waals surface area contributed by atoms with Gasteiger partial charge in [-0.25, -0.2) is 28.0 Å². The van der Waals surface area contributed by atoms with Gasteiger partial charge in [-0.2, -0.15) is 40.2 Å². The molecule has 28 heteroatoms. The summed E-state index contributed by atoms with van der Waals surface area (Å²) in [6.45, 7) is 2.53. The molecule has 3 fully saturated rings. The van der Waals surface area contributed by atoms with Crippen molar-refractivity contribution < 1.29 is 82.4 Å². The Hall–Kier alpha value is -7.22. The van der Waals surface area contributed by atoms with Crippen molar-refractivity contribution in [2.24, 2.45) is 16.6 Å². The van der Waals surface area contributed by atoms with Crippen LogP contribution in [-0.2, 0) is 36.8 Å². The highest BCUT2D eigenvalue weighted by atomic mass is 19.4. The second-order valence-electron chi connectivity index (χ2n) is 21.0. The minimum absolute atomic E-state index is 0.0976. The molecule has 7 rings (SSSR count). The number of alkyl carbamates (subject to hydrolysis) is 2. The standard InChI is InChI=1S/C46H51F7N8O5.C8H13F3N2O3/c1-45(2,46(51,52)53)41(57-44(64)65-3)42(63)56-38(39(62)23-54-22-34-35(47)19-30(20-36(34)48)37-14-16-60(58-37)43(49)50)18-28-7-4-27(5-8-28)6-9-29-10-13-40(55-21-29)59-24-31-11-12-32(25-59)61(31)33-15-17-66-26-33;1-7(2,8(9,10)11)4(5(12)14)13-6(15)16-3/h4-5,7-8,10,13-14,16,19-21,31-33,38-39,41,43,54,62H,11-12,15,17-18,22-26H2,1-3H3,(H,56,63)(H,57,64);4H,1-3H3,(H2,12,14)(H,13,15)/t31?,32?,33-,38+,39+,41-;4-/m11/s1. The Bertz CT molecular complexity index is 2870. The molecule has 4 aromatic rings. The van der Waals surface area contributed by atoms with E-state index in [1.165, 1.54) is 6.07 Å². The van der Waals surface area contributed by atoms with Gasteiger partial charge in [0.1, 0.15) is 29.5 Å². The molecule has 3 aliphatic rings. The van der Waals surface area contributed by atoms with Gasteiger partial charge in [0.15, 0.2) is 0 Å². The Morgan fingerprint density at radius 2 is 1.35 bits per heavy atom. The van der Waals surface area contributed by atoms with Gasteiger partial charge in [0.2, 0.25) is 11.8 Å². The molecule has 4 amide bonds. The largest absolute Gasteiger partial charge is 0.453 e. The number of piperazine rings is 1. The summed E-state index contributed by atoms with van der Waals surface area (Å²) in [6.07, 6.45) is -7.74. The minimum Gasteiger partial charge on any atom is -0.453 e. The molecule has 82 heavy (non-hydrogen) atoms. The summed E-state index contributed by atoms with van der Waals surface area (Å²) in [6, 6.07) is 9.63. The van der Waals surface area contributed by atoms with E-state index in [9.17, 15) is 59.4 Å². The lowest BCUT2D eigenvalue weighted by atomic mass is 9.82. The van der Waals surface area contributed by atoms with E-state index in [-0.39, 0.29) is 17.7 Å². The fourth-order valence-electron chi connectivity index (χ4n) is 9.66. The molecule has 7 atom stereocenters. The molecule has 5 heterocycles. The first kappa shape index (κ1) is 64.0. The SMILES string of the molecule is COC(=O)N[C@H](C(=O)N[C@@H](Cc1ccc(C#Cc2ccc(N3CC4CCC(C3)N4[C@@H]3CCOC3)nc2)cc1)[C@@H](O)CNCc1c(F)cc(-c2ccn(C(F)F)n2)cc1F)C(C)(C)C(F)(F)F.COC(=O)N[C@H](C(N)=O)C(C)(C)C(F)(F)F. The van der Waals surface area contributed by atoms with Crippen molar-refractivity contribution in [3.8, 4) is 23.1 Å². The van der Waals surface area contributed by atoms with Crippen LogP contribution in [0.5, 0.6) is 0 Å². The molecular weight excluding hydrogens is 1110 g/mol. The van der Waals surface area contributed by atoms with Gasteiger partial charge in [-0.15, -0.1) is 0 Å².